The van der Waals surface area contributed by atoms with Crippen molar-refractivity contribution in [1.82, 2.24) is 0 Å². The zero-order valence-corrected chi connectivity index (χ0v) is 47.7. The number of methoxy groups -OCH3 is 2. The number of rotatable bonds is 14. The molecule has 0 radical (unpaired) electrons. The Labute approximate surface area is 481 Å². The summed E-state index contributed by atoms with van der Waals surface area (Å²) in [6, 6.07) is 35.5. The van der Waals surface area contributed by atoms with Gasteiger partial charge in [0.05, 0.1) is 40.4 Å². The molecular weight excluding hydrogens is 1170 g/mol. The number of carbonyl (C=O) groups excluding carboxylic acids is 2. The first-order valence-electron chi connectivity index (χ1n) is 22.1. The van der Waals surface area contributed by atoms with Crippen LogP contribution in [-0.4, -0.2) is 106 Å². The molecule has 0 saturated heterocycles. The number of aryl methyl sites for hydroxylation is 2. The normalized spacial score (nSPS) is 11.5. The van der Waals surface area contributed by atoms with Gasteiger partial charge in [-0.15, -0.1) is 15.3 Å². The van der Waals surface area contributed by atoms with Crippen LogP contribution >= 0.6 is 23.2 Å². The summed E-state index contributed by atoms with van der Waals surface area (Å²) in [4.78, 5) is 25.0. The van der Waals surface area contributed by atoms with Crippen LogP contribution in [0.3, 0.4) is 0 Å². The van der Waals surface area contributed by atoms with Gasteiger partial charge in [0, 0.05) is 27.7 Å². The standard InChI is InChI=1S/2C26H22ClN3O6S.Ba/c2*1-3-15-8-13-21(27)23(25(15)37(33,34)35)30-29-22-19-7-5-4-6-16(19)14-20(24(22)31)26(32)28-17-9-11-18(36-2)12-10-17;/h2*4-14,31H,3H2,1-2H3,(H,28,32)(H,33,34,35);/q;;+2/p-2. The molecule has 75 heavy (non-hydrogen) atoms. The van der Waals surface area contributed by atoms with Crippen LogP contribution < -0.4 is 25.2 Å². The second kappa shape index (κ2) is 25.0. The predicted octanol–water partition coefficient (Wildman–Crippen LogP) is 12.0. The van der Waals surface area contributed by atoms with Crippen LogP contribution in [0.5, 0.6) is 23.0 Å². The summed E-state index contributed by atoms with van der Waals surface area (Å²) in [5.41, 5.74) is 0.226. The van der Waals surface area contributed by atoms with Gasteiger partial charge < -0.3 is 34.9 Å². The van der Waals surface area contributed by atoms with Crippen molar-refractivity contribution in [3.63, 3.8) is 0 Å². The molecule has 0 aliphatic carbocycles. The van der Waals surface area contributed by atoms with Crippen molar-refractivity contribution in [2.45, 2.75) is 36.5 Å². The summed E-state index contributed by atoms with van der Waals surface area (Å²) >= 11 is 12.4. The molecule has 380 valence electrons. The van der Waals surface area contributed by atoms with Crippen LogP contribution in [-0.2, 0) is 33.1 Å². The molecule has 18 nitrogen and oxygen atoms in total. The Hall–Kier alpha value is -6.41. The van der Waals surface area contributed by atoms with Crippen molar-refractivity contribution >= 4 is 160 Å². The number of nitrogens with one attached hydrogen (secondary N) is 2. The Balaban J connectivity index is 0.000000241. The molecule has 2 amide bonds. The Morgan fingerprint density at radius 3 is 1.44 bits per heavy atom. The van der Waals surface area contributed by atoms with Gasteiger partial charge in [-0.25, -0.2) is 8.42 Å². The number of carbonyl (C=O) groups is 2. The summed E-state index contributed by atoms with van der Waals surface area (Å²) in [6.07, 6.45) is 0.511. The molecule has 0 heterocycles. The zero-order chi connectivity index (χ0) is 53.5. The number of hydrogen-bond acceptors (Lipinski definition) is 15. The molecule has 0 bridgehead atoms. The number of halogens is 2. The number of fused-ring (bicyclic) bond motifs is 2. The molecule has 8 aromatic carbocycles. The number of azo groups is 2. The SMILES string of the molecule is CCc1ccc(Cl)c(N=Nc2c(O)c(C(=O)Nc3ccc(OC)cc3)cc3ccccc23)c1S(=O)(=O)O.CCc1ccc(Cl)c(N=Nc2c([O-])c(C(=O)Nc3ccc(OC)cc3)cc3ccccc23)c1S(=O)(=O)[O-].[Ba+2]. The predicted molar refractivity (Wildman–Crippen MR) is 284 cm³/mol. The van der Waals surface area contributed by atoms with Crippen LogP contribution in [0.1, 0.15) is 45.7 Å². The molecule has 0 fully saturated rings. The van der Waals surface area contributed by atoms with Crippen molar-refractivity contribution in [1.29, 1.82) is 0 Å². The van der Waals surface area contributed by atoms with Gasteiger partial charge in [-0.05, 0) is 108 Å². The van der Waals surface area contributed by atoms with Crippen LogP contribution in [0.15, 0.2) is 164 Å². The maximum atomic E-state index is 13.4. The molecule has 0 atom stereocenters. The largest absolute Gasteiger partial charge is 2.00 e. The third-order valence-electron chi connectivity index (χ3n) is 11.3. The van der Waals surface area contributed by atoms with Crippen LogP contribution in [0.4, 0.5) is 34.1 Å². The van der Waals surface area contributed by atoms with E-state index in [2.05, 4.69) is 31.1 Å². The molecule has 0 aliphatic rings. The van der Waals surface area contributed by atoms with Gasteiger partial charge in [0.25, 0.3) is 21.9 Å². The molecule has 4 N–H and O–H groups in total. The minimum Gasteiger partial charge on any atom is -0.870 e. The molecule has 23 heteroatoms. The average molecular weight is 1220 g/mol. The fourth-order valence-electron chi connectivity index (χ4n) is 7.60. The number of nitrogens with zero attached hydrogens (tertiary/aromatic N) is 4. The summed E-state index contributed by atoms with van der Waals surface area (Å²) < 4.78 is 80.3. The number of benzene rings is 8. The molecule has 8 rings (SSSR count). The molecule has 0 saturated carbocycles. The minimum absolute atomic E-state index is 0. The Kier molecular flexibility index (Phi) is 19.3. The van der Waals surface area contributed by atoms with Crippen molar-refractivity contribution in [3.8, 4) is 23.0 Å². The molecule has 0 unspecified atom stereocenters. The fraction of sp³-hybridized carbons (Fsp3) is 0.115. The van der Waals surface area contributed by atoms with Gasteiger partial charge in [-0.2, -0.15) is 13.5 Å². The van der Waals surface area contributed by atoms with Gasteiger partial charge in [-0.1, -0.05) is 103 Å². The second-order valence-corrected chi connectivity index (χ2v) is 19.3. The van der Waals surface area contributed by atoms with Crippen molar-refractivity contribution in [2.75, 3.05) is 24.9 Å². The van der Waals surface area contributed by atoms with E-state index in [0.717, 1.165) is 0 Å². The van der Waals surface area contributed by atoms with Gasteiger partial charge in [0.2, 0.25) is 0 Å². The topological polar surface area (TPSA) is 281 Å². The molecule has 8 aromatic rings. The monoisotopic (exact) mass is 1210 g/mol. The number of anilines is 2. The molecule has 0 aliphatic heterocycles. The molecule has 0 aromatic heterocycles. The van der Waals surface area contributed by atoms with E-state index >= 15 is 0 Å². The first-order chi connectivity index (χ1) is 35.3. The van der Waals surface area contributed by atoms with E-state index in [1.54, 1.807) is 111 Å². The minimum atomic E-state index is -4.96. The van der Waals surface area contributed by atoms with E-state index in [9.17, 15) is 45.7 Å². The maximum Gasteiger partial charge on any atom is 2.00 e. The van der Waals surface area contributed by atoms with E-state index in [1.165, 1.54) is 50.6 Å². The number of aromatic hydroxyl groups is 1. The smallest absolute Gasteiger partial charge is 0.870 e. The Morgan fingerprint density at radius 2 is 0.987 bits per heavy atom. The van der Waals surface area contributed by atoms with Crippen molar-refractivity contribution in [2.24, 2.45) is 20.5 Å². The second-order valence-electron chi connectivity index (χ2n) is 15.8. The summed E-state index contributed by atoms with van der Waals surface area (Å²) in [5.74, 6) is -1.27. The quantitative estimate of drug-likeness (QED) is 0.0449. The van der Waals surface area contributed by atoms with E-state index in [4.69, 9.17) is 32.7 Å². The van der Waals surface area contributed by atoms with Gasteiger partial charge >= 0.3 is 48.9 Å². The molecular formula is C52H42BaCl2N6O12S2. The van der Waals surface area contributed by atoms with Gasteiger partial charge in [0.1, 0.15) is 43.6 Å². The zero-order valence-electron chi connectivity index (χ0n) is 40.2. The summed E-state index contributed by atoms with van der Waals surface area (Å²) in [7, 11) is -6.60. The Bertz CT molecular complexity index is 3530. The van der Waals surface area contributed by atoms with Crippen LogP contribution in [0, 0.1) is 0 Å². The summed E-state index contributed by atoms with van der Waals surface area (Å²) in [6.45, 7) is 3.38. The fourth-order valence-corrected chi connectivity index (χ4v) is 9.97. The summed E-state index contributed by atoms with van der Waals surface area (Å²) in [5, 5.41) is 47.6. The number of hydrogen-bond donors (Lipinski definition) is 4. The van der Waals surface area contributed by atoms with E-state index in [1.807, 2.05) is 0 Å². The average Bonchev–Trinajstić information content (AvgIpc) is 3.38. The van der Waals surface area contributed by atoms with Crippen LogP contribution in [0.2, 0.25) is 10.0 Å². The first kappa shape index (κ1) is 57.9. The van der Waals surface area contributed by atoms with Crippen molar-refractivity contribution < 1.29 is 55.2 Å². The van der Waals surface area contributed by atoms with E-state index in [-0.39, 0.29) is 111 Å². The Morgan fingerprint density at radius 1 is 0.587 bits per heavy atom. The number of amides is 2. The van der Waals surface area contributed by atoms with E-state index in [0.29, 0.717) is 50.0 Å². The van der Waals surface area contributed by atoms with Crippen molar-refractivity contribution in [3.05, 3.63) is 166 Å². The van der Waals surface area contributed by atoms with Gasteiger partial charge in [-0.3, -0.25) is 14.1 Å². The van der Waals surface area contributed by atoms with E-state index < -0.39 is 53.3 Å². The first-order valence-corrected chi connectivity index (χ1v) is 25.7. The number of phenolic OH excluding ortho intramolecular Hbond substituents is 1. The van der Waals surface area contributed by atoms with Gasteiger partial charge in [0.15, 0.2) is 5.75 Å². The maximum absolute atomic E-state index is 13.4. The third-order valence-corrected chi connectivity index (χ3v) is 13.8. The molecule has 0 spiro atoms. The third kappa shape index (κ3) is 13.3. The number of ether oxygens (including phenoxy) is 2. The van der Waals surface area contributed by atoms with Crippen LogP contribution in [0.25, 0.3) is 21.5 Å². The number of phenols is 1.